The fourth-order valence-electron chi connectivity index (χ4n) is 3.30. The Kier molecular flexibility index (Phi) is 6.84. The van der Waals surface area contributed by atoms with E-state index in [4.69, 9.17) is 33.3 Å². The summed E-state index contributed by atoms with van der Waals surface area (Å²) in [6.07, 6.45) is 1.80. The predicted octanol–water partition coefficient (Wildman–Crippen LogP) is 6.64. The molecule has 4 nitrogen and oxygen atoms in total. The van der Waals surface area contributed by atoms with Crippen molar-refractivity contribution in [1.82, 2.24) is 0 Å². The van der Waals surface area contributed by atoms with Gasteiger partial charge in [-0.15, -0.1) is 0 Å². The van der Waals surface area contributed by atoms with Crippen molar-refractivity contribution in [2.24, 2.45) is 0 Å². The number of carbonyl (C=O) groups is 1. The van der Waals surface area contributed by atoms with Gasteiger partial charge < -0.3 is 9.47 Å². The summed E-state index contributed by atoms with van der Waals surface area (Å²) >= 11 is 12.7. The average molecular weight is 482 g/mol. The van der Waals surface area contributed by atoms with Crippen LogP contribution in [-0.2, 0) is 11.4 Å². The number of amides is 1. The van der Waals surface area contributed by atoms with Crippen LogP contribution in [0.3, 0.4) is 0 Å². The van der Waals surface area contributed by atoms with Crippen LogP contribution in [0.1, 0.15) is 16.7 Å². The second kappa shape index (κ2) is 9.77. The molecule has 1 saturated heterocycles. The quantitative estimate of drug-likeness (QED) is 0.291. The number of ether oxygens (including phenoxy) is 2. The summed E-state index contributed by atoms with van der Waals surface area (Å²) in [5, 5.41) is 0.669. The molecule has 0 aliphatic carbocycles. The molecule has 0 spiro atoms. The van der Waals surface area contributed by atoms with E-state index < -0.39 is 0 Å². The van der Waals surface area contributed by atoms with Gasteiger partial charge in [-0.1, -0.05) is 72.0 Å². The lowest BCUT2D eigenvalue weighted by molar-refractivity contribution is -0.113. The molecule has 7 heteroatoms. The maximum Gasteiger partial charge on any atom is 0.270 e. The van der Waals surface area contributed by atoms with Crippen LogP contribution in [-0.4, -0.2) is 17.3 Å². The fraction of sp³-hybridized carbons (Fsp3) is 0.120. The number of para-hydroxylation sites is 1. The van der Waals surface area contributed by atoms with Crippen molar-refractivity contribution < 1.29 is 14.3 Å². The van der Waals surface area contributed by atoms with Crippen molar-refractivity contribution in [3.05, 3.63) is 93.3 Å². The number of methoxy groups -OCH3 is 1. The van der Waals surface area contributed by atoms with Gasteiger partial charge in [-0.3, -0.25) is 9.69 Å². The summed E-state index contributed by atoms with van der Waals surface area (Å²) in [5.41, 5.74) is 3.53. The van der Waals surface area contributed by atoms with E-state index in [0.717, 1.165) is 22.4 Å². The smallest absolute Gasteiger partial charge is 0.270 e. The van der Waals surface area contributed by atoms with Crippen LogP contribution in [0.4, 0.5) is 5.69 Å². The minimum Gasteiger partial charge on any atom is -0.493 e. The number of rotatable bonds is 6. The standard InChI is InChI=1S/C25H20ClNO3S2/c1-16-5-3-7-20(13-16)27-24(28)22(32-25(27)31)14-18-6-4-8-21(29-2)23(18)30-15-17-9-11-19(26)12-10-17/h3-14H,15H2,1-2H3/b22-14-. The molecule has 0 aromatic heterocycles. The van der Waals surface area contributed by atoms with Crippen molar-refractivity contribution >= 4 is 57.6 Å². The summed E-state index contributed by atoms with van der Waals surface area (Å²) in [6, 6.07) is 20.8. The molecular formula is C25H20ClNO3S2. The molecule has 0 unspecified atom stereocenters. The Morgan fingerprint density at radius 1 is 1.09 bits per heavy atom. The Morgan fingerprint density at radius 3 is 2.56 bits per heavy atom. The number of benzene rings is 3. The summed E-state index contributed by atoms with van der Waals surface area (Å²) in [5.74, 6) is 0.990. The first kappa shape index (κ1) is 22.4. The number of aryl methyl sites for hydroxylation is 1. The van der Waals surface area contributed by atoms with Crippen LogP contribution < -0.4 is 14.4 Å². The monoisotopic (exact) mass is 481 g/mol. The molecule has 162 valence electrons. The lowest BCUT2D eigenvalue weighted by atomic mass is 10.1. The molecule has 4 rings (SSSR count). The number of hydrogen-bond acceptors (Lipinski definition) is 5. The molecule has 0 radical (unpaired) electrons. The van der Waals surface area contributed by atoms with Crippen LogP contribution in [0.25, 0.3) is 6.08 Å². The van der Waals surface area contributed by atoms with E-state index in [1.165, 1.54) is 11.8 Å². The molecule has 1 fully saturated rings. The van der Waals surface area contributed by atoms with Gasteiger partial charge in [0.05, 0.1) is 17.7 Å². The Labute approximate surface area is 201 Å². The molecule has 1 aliphatic heterocycles. The first-order valence-electron chi connectivity index (χ1n) is 9.85. The number of hydrogen-bond donors (Lipinski definition) is 0. The zero-order chi connectivity index (χ0) is 22.7. The normalized spacial score (nSPS) is 14.8. The molecule has 0 bridgehead atoms. The highest BCUT2D eigenvalue weighted by molar-refractivity contribution is 8.27. The third-order valence-corrected chi connectivity index (χ3v) is 6.42. The fourth-order valence-corrected chi connectivity index (χ4v) is 4.71. The highest BCUT2D eigenvalue weighted by atomic mass is 35.5. The molecule has 1 amide bonds. The lowest BCUT2D eigenvalue weighted by Gasteiger charge is -2.15. The van der Waals surface area contributed by atoms with Crippen molar-refractivity contribution in [2.45, 2.75) is 13.5 Å². The third-order valence-electron chi connectivity index (χ3n) is 4.87. The zero-order valence-corrected chi connectivity index (χ0v) is 19.9. The summed E-state index contributed by atoms with van der Waals surface area (Å²) in [6.45, 7) is 2.32. The van der Waals surface area contributed by atoms with Crippen LogP contribution >= 0.6 is 35.6 Å². The molecule has 3 aromatic rings. The highest BCUT2D eigenvalue weighted by Gasteiger charge is 2.33. The molecule has 3 aromatic carbocycles. The molecule has 1 heterocycles. The van der Waals surface area contributed by atoms with Crippen LogP contribution in [0, 0.1) is 6.92 Å². The average Bonchev–Trinajstić information content (AvgIpc) is 3.06. The van der Waals surface area contributed by atoms with Gasteiger partial charge in [-0.05, 0) is 54.5 Å². The molecule has 0 atom stereocenters. The van der Waals surface area contributed by atoms with E-state index in [9.17, 15) is 4.79 Å². The minimum absolute atomic E-state index is 0.155. The van der Waals surface area contributed by atoms with Gasteiger partial charge in [-0.25, -0.2) is 0 Å². The summed E-state index contributed by atoms with van der Waals surface area (Å²) < 4.78 is 12.1. The van der Waals surface area contributed by atoms with E-state index in [1.54, 1.807) is 18.1 Å². The first-order chi connectivity index (χ1) is 15.5. The first-order valence-corrected chi connectivity index (χ1v) is 11.5. The lowest BCUT2D eigenvalue weighted by Crippen LogP contribution is -2.27. The molecule has 1 aliphatic rings. The molecular weight excluding hydrogens is 462 g/mol. The highest BCUT2D eigenvalue weighted by Crippen LogP contribution is 2.39. The van der Waals surface area contributed by atoms with Crippen molar-refractivity contribution in [3.8, 4) is 11.5 Å². The van der Waals surface area contributed by atoms with Gasteiger partial charge in [0, 0.05) is 10.6 Å². The minimum atomic E-state index is -0.155. The van der Waals surface area contributed by atoms with Gasteiger partial charge in [0.25, 0.3) is 5.91 Å². The molecule has 0 N–H and O–H groups in total. The SMILES string of the molecule is COc1cccc(/C=C2\SC(=S)N(c3cccc(C)c3)C2=O)c1OCc1ccc(Cl)cc1. The number of nitrogens with zero attached hydrogens (tertiary/aromatic N) is 1. The Morgan fingerprint density at radius 2 is 1.84 bits per heavy atom. The third kappa shape index (κ3) is 4.83. The van der Waals surface area contributed by atoms with E-state index in [0.29, 0.717) is 32.4 Å². The Hall–Kier alpha value is -2.80. The predicted molar refractivity (Wildman–Crippen MR) is 136 cm³/mol. The molecule has 32 heavy (non-hydrogen) atoms. The summed E-state index contributed by atoms with van der Waals surface area (Å²) in [7, 11) is 1.59. The zero-order valence-electron chi connectivity index (χ0n) is 17.5. The maximum atomic E-state index is 13.2. The maximum absolute atomic E-state index is 13.2. The number of thioether (sulfide) groups is 1. The number of halogens is 1. The number of thiocarbonyl (C=S) groups is 1. The van der Waals surface area contributed by atoms with Gasteiger partial charge in [0.2, 0.25) is 0 Å². The Bertz CT molecular complexity index is 1210. The topological polar surface area (TPSA) is 38.8 Å². The van der Waals surface area contributed by atoms with E-state index in [1.807, 2.05) is 73.7 Å². The van der Waals surface area contributed by atoms with Crippen LogP contribution in [0.15, 0.2) is 71.6 Å². The second-order valence-corrected chi connectivity index (χ2v) is 9.26. The van der Waals surface area contributed by atoms with E-state index in [-0.39, 0.29) is 5.91 Å². The van der Waals surface area contributed by atoms with Crippen molar-refractivity contribution in [3.63, 3.8) is 0 Å². The Balaban J connectivity index is 1.64. The second-order valence-electron chi connectivity index (χ2n) is 7.15. The van der Waals surface area contributed by atoms with Gasteiger partial charge in [-0.2, -0.15) is 0 Å². The molecule has 0 saturated carbocycles. The van der Waals surface area contributed by atoms with Crippen molar-refractivity contribution in [1.29, 1.82) is 0 Å². The van der Waals surface area contributed by atoms with Gasteiger partial charge in [0.15, 0.2) is 15.8 Å². The number of carbonyl (C=O) groups excluding carboxylic acids is 1. The largest absolute Gasteiger partial charge is 0.493 e. The van der Waals surface area contributed by atoms with Gasteiger partial charge >= 0.3 is 0 Å². The summed E-state index contributed by atoms with van der Waals surface area (Å²) in [4.78, 5) is 15.3. The van der Waals surface area contributed by atoms with Crippen LogP contribution in [0.2, 0.25) is 5.02 Å². The van der Waals surface area contributed by atoms with Crippen molar-refractivity contribution in [2.75, 3.05) is 12.0 Å². The van der Waals surface area contributed by atoms with E-state index in [2.05, 4.69) is 0 Å². The number of anilines is 1. The van der Waals surface area contributed by atoms with Crippen LogP contribution in [0.5, 0.6) is 11.5 Å². The van der Waals surface area contributed by atoms with Gasteiger partial charge in [0.1, 0.15) is 6.61 Å². The van der Waals surface area contributed by atoms with E-state index >= 15 is 0 Å².